The quantitative estimate of drug-likeness (QED) is 0.387. The number of aromatic amines is 1. The van der Waals surface area contributed by atoms with Gasteiger partial charge < -0.3 is 14.3 Å². The number of esters is 1. The lowest BCUT2D eigenvalue weighted by Crippen LogP contribution is -2.11. The molecule has 0 saturated heterocycles. The summed E-state index contributed by atoms with van der Waals surface area (Å²) in [5.41, 5.74) is 4.65. The molecule has 0 aliphatic rings. The Morgan fingerprint density at radius 1 is 1.39 bits per heavy atom. The van der Waals surface area contributed by atoms with Crippen molar-refractivity contribution < 1.29 is 9.53 Å². The number of para-hydroxylation sites is 2. The van der Waals surface area contributed by atoms with Crippen molar-refractivity contribution in [3.8, 4) is 6.07 Å². The third-order valence-electron chi connectivity index (χ3n) is 4.78. The second-order valence-electron chi connectivity index (χ2n) is 6.83. The predicted molar refractivity (Wildman–Crippen MR) is 108 cm³/mol. The number of H-pyrrole nitrogens is 1. The van der Waals surface area contributed by atoms with Crippen molar-refractivity contribution in [2.75, 3.05) is 0 Å². The third kappa shape index (κ3) is 3.84. The fourth-order valence-electron chi connectivity index (χ4n) is 3.28. The number of aromatic nitrogens is 3. The highest BCUT2D eigenvalue weighted by Crippen LogP contribution is 2.22. The molecule has 0 radical (unpaired) electrons. The average Bonchev–Trinajstić information content (AvgIpc) is 3.22. The maximum atomic E-state index is 12.5. The monoisotopic (exact) mass is 376 g/mol. The number of benzene rings is 1. The number of carbonyl (C=O) groups excluding carboxylic acids is 1. The van der Waals surface area contributed by atoms with Crippen molar-refractivity contribution in [2.45, 2.75) is 46.8 Å². The van der Waals surface area contributed by atoms with Crippen molar-refractivity contribution in [3.63, 3.8) is 0 Å². The maximum Gasteiger partial charge on any atom is 0.349 e. The van der Waals surface area contributed by atoms with Gasteiger partial charge in [0.05, 0.1) is 11.0 Å². The van der Waals surface area contributed by atoms with Crippen LogP contribution < -0.4 is 0 Å². The standard InChI is InChI=1S/C22H24N4O2/c1-5-10-26-14(2)11-17(15(26)3)12-18(13-23)22(27)28-16(4)21-24-19-8-6-7-9-20(19)25-21/h6-9,11-12,16H,5,10H2,1-4H3,(H,24,25)/b18-12+/t16-/m0/s1. The van der Waals surface area contributed by atoms with Gasteiger partial charge in [-0.2, -0.15) is 5.26 Å². The van der Waals surface area contributed by atoms with Crippen LogP contribution in [0.2, 0.25) is 0 Å². The van der Waals surface area contributed by atoms with Crippen LogP contribution >= 0.6 is 0 Å². The van der Waals surface area contributed by atoms with Crippen LogP contribution in [-0.4, -0.2) is 20.5 Å². The summed E-state index contributed by atoms with van der Waals surface area (Å²) in [6.45, 7) is 8.77. The van der Waals surface area contributed by atoms with Crippen LogP contribution in [0.3, 0.4) is 0 Å². The van der Waals surface area contributed by atoms with E-state index in [4.69, 9.17) is 4.74 Å². The van der Waals surface area contributed by atoms with Crippen molar-refractivity contribution in [1.29, 1.82) is 5.26 Å². The molecule has 144 valence electrons. The summed E-state index contributed by atoms with van der Waals surface area (Å²) in [5.74, 6) is -0.108. The molecule has 0 spiro atoms. The summed E-state index contributed by atoms with van der Waals surface area (Å²) < 4.78 is 7.67. The lowest BCUT2D eigenvalue weighted by atomic mass is 10.1. The molecular weight excluding hydrogens is 352 g/mol. The average molecular weight is 376 g/mol. The van der Waals surface area contributed by atoms with Gasteiger partial charge >= 0.3 is 5.97 Å². The first-order valence-corrected chi connectivity index (χ1v) is 9.38. The van der Waals surface area contributed by atoms with Crippen LogP contribution in [0.4, 0.5) is 0 Å². The Kier molecular flexibility index (Phi) is 5.65. The van der Waals surface area contributed by atoms with Gasteiger partial charge in [0, 0.05) is 17.9 Å². The number of carbonyl (C=O) groups is 1. The topological polar surface area (TPSA) is 83.7 Å². The molecule has 1 N–H and O–H groups in total. The van der Waals surface area contributed by atoms with Gasteiger partial charge in [0.1, 0.15) is 17.5 Å². The van der Waals surface area contributed by atoms with Gasteiger partial charge in [-0.05, 0) is 57.0 Å². The van der Waals surface area contributed by atoms with Crippen molar-refractivity contribution >= 4 is 23.1 Å². The van der Waals surface area contributed by atoms with E-state index in [9.17, 15) is 10.1 Å². The molecule has 3 aromatic rings. The number of ether oxygens (including phenoxy) is 1. The molecule has 6 heteroatoms. The molecule has 2 heterocycles. The minimum atomic E-state index is -0.657. The van der Waals surface area contributed by atoms with E-state index in [1.165, 1.54) is 0 Å². The van der Waals surface area contributed by atoms with Crippen molar-refractivity contribution in [3.05, 3.63) is 58.7 Å². The van der Waals surface area contributed by atoms with Crippen molar-refractivity contribution in [2.24, 2.45) is 0 Å². The lowest BCUT2D eigenvalue weighted by Gasteiger charge is -2.10. The number of imidazole rings is 1. The summed E-state index contributed by atoms with van der Waals surface area (Å²) in [4.78, 5) is 20.1. The van der Waals surface area contributed by atoms with Gasteiger partial charge in [-0.15, -0.1) is 0 Å². The second-order valence-corrected chi connectivity index (χ2v) is 6.83. The molecule has 0 aliphatic carbocycles. The van der Waals surface area contributed by atoms with Gasteiger partial charge in [0.25, 0.3) is 0 Å². The van der Waals surface area contributed by atoms with Gasteiger partial charge in [-0.1, -0.05) is 19.1 Å². The van der Waals surface area contributed by atoms with Crippen molar-refractivity contribution in [1.82, 2.24) is 14.5 Å². The lowest BCUT2D eigenvalue weighted by molar-refractivity contribution is -0.143. The molecule has 3 rings (SSSR count). The molecule has 2 aromatic heterocycles. The largest absolute Gasteiger partial charge is 0.450 e. The first kappa shape index (κ1) is 19.4. The minimum absolute atomic E-state index is 0.0280. The first-order chi connectivity index (χ1) is 13.4. The highest BCUT2D eigenvalue weighted by Gasteiger charge is 2.19. The SMILES string of the molecule is CCCn1c(C)cc(/C=C(\C#N)C(=O)O[C@@H](C)c2nc3ccccc3[nH]2)c1C. The molecule has 28 heavy (non-hydrogen) atoms. The Labute approximate surface area is 164 Å². The number of nitrogens with one attached hydrogen (secondary N) is 1. The van der Waals surface area contributed by atoms with E-state index in [1.807, 2.05) is 50.2 Å². The zero-order chi connectivity index (χ0) is 20.3. The zero-order valence-electron chi connectivity index (χ0n) is 16.6. The normalized spacial score (nSPS) is 12.8. The van der Waals surface area contributed by atoms with Gasteiger partial charge in [0.2, 0.25) is 0 Å². The Morgan fingerprint density at radius 3 is 2.82 bits per heavy atom. The molecular formula is C22H24N4O2. The van der Waals surface area contributed by atoms with E-state index in [1.54, 1.807) is 13.0 Å². The Morgan fingerprint density at radius 2 is 2.14 bits per heavy atom. The summed E-state index contributed by atoms with van der Waals surface area (Å²) in [6, 6.07) is 11.6. The molecule has 0 aliphatic heterocycles. The number of nitriles is 1. The van der Waals surface area contributed by atoms with E-state index < -0.39 is 12.1 Å². The number of hydrogen-bond acceptors (Lipinski definition) is 4. The number of fused-ring (bicyclic) bond motifs is 1. The molecule has 1 aromatic carbocycles. The van der Waals surface area contributed by atoms with Crippen LogP contribution in [0.5, 0.6) is 0 Å². The highest BCUT2D eigenvalue weighted by atomic mass is 16.5. The first-order valence-electron chi connectivity index (χ1n) is 9.38. The number of aryl methyl sites for hydroxylation is 1. The second kappa shape index (κ2) is 8.13. The van der Waals surface area contributed by atoms with Crippen LogP contribution in [0.15, 0.2) is 35.9 Å². The Bertz CT molecular complexity index is 1050. The van der Waals surface area contributed by atoms with E-state index in [0.717, 1.165) is 41.0 Å². The van der Waals surface area contributed by atoms with Crippen LogP contribution in [0.25, 0.3) is 17.1 Å². The molecule has 0 unspecified atom stereocenters. The fourth-order valence-corrected chi connectivity index (χ4v) is 3.28. The summed E-state index contributed by atoms with van der Waals surface area (Å²) in [6.07, 6.45) is 2.02. The Hall–Kier alpha value is -3.33. The summed E-state index contributed by atoms with van der Waals surface area (Å²) >= 11 is 0. The molecule has 1 atom stereocenters. The molecule has 0 bridgehead atoms. The smallest absolute Gasteiger partial charge is 0.349 e. The molecule has 0 saturated carbocycles. The maximum absolute atomic E-state index is 12.5. The van der Waals surface area contributed by atoms with E-state index in [0.29, 0.717) is 5.82 Å². The number of rotatable bonds is 6. The molecule has 0 amide bonds. The summed E-state index contributed by atoms with van der Waals surface area (Å²) in [7, 11) is 0. The third-order valence-corrected chi connectivity index (χ3v) is 4.78. The number of hydrogen-bond donors (Lipinski definition) is 1. The van der Waals surface area contributed by atoms with E-state index in [-0.39, 0.29) is 5.57 Å². The zero-order valence-corrected chi connectivity index (χ0v) is 16.6. The fraction of sp³-hybridized carbons (Fsp3) is 0.318. The van der Waals surface area contributed by atoms with Gasteiger partial charge in [0.15, 0.2) is 6.10 Å². The van der Waals surface area contributed by atoms with Crippen LogP contribution in [-0.2, 0) is 16.1 Å². The predicted octanol–water partition coefficient (Wildman–Crippen LogP) is 4.60. The number of nitrogens with zero attached hydrogens (tertiary/aromatic N) is 3. The van der Waals surface area contributed by atoms with E-state index >= 15 is 0 Å². The van der Waals surface area contributed by atoms with Gasteiger partial charge in [-0.25, -0.2) is 9.78 Å². The summed E-state index contributed by atoms with van der Waals surface area (Å²) in [5, 5.41) is 9.48. The molecule has 0 fully saturated rings. The molecule has 6 nitrogen and oxygen atoms in total. The highest BCUT2D eigenvalue weighted by molar-refractivity contribution is 5.98. The Balaban J connectivity index is 1.81. The van der Waals surface area contributed by atoms with Gasteiger partial charge in [-0.3, -0.25) is 0 Å². The van der Waals surface area contributed by atoms with Crippen LogP contribution in [0, 0.1) is 25.2 Å². The minimum Gasteiger partial charge on any atom is -0.450 e. The van der Waals surface area contributed by atoms with E-state index in [2.05, 4.69) is 21.5 Å². The van der Waals surface area contributed by atoms with Crippen LogP contribution in [0.1, 0.15) is 49.1 Å².